The van der Waals surface area contributed by atoms with Crippen molar-refractivity contribution < 1.29 is 14.0 Å². The molecular weight excluding hydrogens is 475 g/mol. The quantitative estimate of drug-likeness (QED) is 0.493. The van der Waals surface area contributed by atoms with Gasteiger partial charge in [0, 0.05) is 18.5 Å². The molecule has 2 amide bonds. The van der Waals surface area contributed by atoms with E-state index in [1.54, 1.807) is 17.1 Å². The molecule has 0 unspecified atom stereocenters. The zero-order chi connectivity index (χ0) is 25.2. The van der Waals surface area contributed by atoms with Gasteiger partial charge < -0.3 is 5.32 Å². The lowest BCUT2D eigenvalue weighted by molar-refractivity contribution is -0.121. The summed E-state index contributed by atoms with van der Waals surface area (Å²) in [5.74, 6) is -0.919. The molecule has 2 aliphatic rings. The lowest BCUT2D eigenvalue weighted by atomic mass is 9.98. The number of benzene rings is 3. The molecule has 0 fully saturated rings. The van der Waals surface area contributed by atoms with E-state index in [2.05, 4.69) is 10.3 Å². The molecule has 0 saturated carbocycles. The highest BCUT2D eigenvalue weighted by Crippen LogP contribution is 2.38. The summed E-state index contributed by atoms with van der Waals surface area (Å²) < 4.78 is 13.6. The third-order valence-electron chi connectivity index (χ3n) is 6.18. The van der Waals surface area contributed by atoms with Gasteiger partial charge in [0.05, 0.1) is 11.8 Å². The molecule has 3 aromatic rings. The minimum atomic E-state index is -0.627. The van der Waals surface area contributed by atoms with Crippen molar-refractivity contribution in [2.75, 3.05) is 5.32 Å². The first-order chi connectivity index (χ1) is 17.4. The average molecular weight is 501 g/mol. The van der Waals surface area contributed by atoms with Gasteiger partial charge in [-0.2, -0.15) is 10.1 Å². The SMILES string of the molecule is Cc1ccc(NC(=O)C[C@@H]2SC(N3N=C(c4ccc(C)cc4)C[C@@H]3c3ccc(F)cc3)=NC2=O)cc1. The van der Waals surface area contributed by atoms with Gasteiger partial charge in [-0.05, 0) is 49.2 Å². The molecule has 36 heavy (non-hydrogen) atoms. The number of hydrazone groups is 1. The van der Waals surface area contributed by atoms with E-state index in [1.807, 2.05) is 62.4 Å². The Bertz CT molecular complexity index is 1350. The van der Waals surface area contributed by atoms with Crippen molar-refractivity contribution >= 4 is 40.1 Å². The number of hydrogen-bond acceptors (Lipinski definition) is 5. The van der Waals surface area contributed by atoms with E-state index in [9.17, 15) is 14.0 Å². The van der Waals surface area contributed by atoms with Crippen LogP contribution in [-0.2, 0) is 9.59 Å². The Morgan fingerprint density at radius 2 is 1.64 bits per heavy atom. The predicted octanol–water partition coefficient (Wildman–Crippen LogP) is 5.62. The molecule has 8 heteroatoms. The third kappa shape index (κ3) is 5.23. The summed E-state index contributed by atoms with van der Waals surface area (Å²) in [7, 11) is 0. The van der Waals surface area contributed by atoms with Crippen LogP contribution in [0.3, 0.4) is 0 Å². The van der Waals surface area contributed by atoms with Crippen molar-refractivity contribution in [1.29, 1.82) is 0 Å². The molecule has 0 spiro atoms. The first-order valence-electron chi connectivity index (χ1n) is 11.7. The molecule has 2 heterocycles. The van der Waals surface area contributed by atoms with Crippen LogP contribution in [0.2, 0.25) is 0 Å². The number of nitrogens with one attached hydrogen (secondary N) is 1. The topological polar surface area (TPSA) is 74.1 Å². The van der Waals surface area contributed by atoms with Crippen LogP contribution >= 0.6 is 11.8 Å². The number of carbonyl (C=O) groups is 2. The number of aryl methyl sites for hydroxylation is 2. The zero-order valence-corrected chi connectivity index (χ0v) is 20.8. The maximum absolute atomic E-state index is 13.6. The van der Waals surface area contributed by atoms with E-state index in [4.69, 9.17) is 5.10 Å². The van der Waals surface area contributed by atoms with Crippen LogP contribution in [0.1, 0.15) is 41.1 Å². The number of amidine groups is 1. The normalized spacial score (nSPS) is 19.3. The summed E-state index contributed by atoms with van der Waals surface area (Å²) in [5, 5.41) is 9.23. The van der Waals surface area contributed by atoms with Gasteiger partial charge in [-0.1, -0.05) is 71.4 Å². The highest BCUT2D eigenvalue weighted by Gasteiger charge is 2.39. The number of amides is 2. The highest BCUT2D eigenvalue weighted by atomic mass is 32.2. The number of aliphatic imine (C=N–C) groups is 1. The summed E-state index contributed by atoms with van der Waals surface area (Å²) >= 11 is 1.24. The molecule has 5 rings (SSSR count). The van der Waals surface area contributed by atoms with Crippen LogP contribution in [0, 0.1) is 19.7 Å². The van der Waals surface area contributed by atoms with E-state index < -0.39 is 5.25 Å². The molecule has 1 N–H and O–H groups in total. The standard InChI is InChI=1S/C28H25FN4O2S/c1-17-3-7-19(8-4-17)23-15-24(20-9-11-21(29)12-10-20)33(32-23)28-31-27(35)25(36-28)16-26(34)30-22-13-5-18(2)6-14-22/h3-14,24-25H,15-16H2,1-2H3,(H,30,34)/t24-,25+/m1/s1. The van der Waals surface area contributed by atoms with Crippen LogP contribution in [0.15, 0.2) is 82.9 Å². The maximum Gasteiger partial charge on any atom is 0.262 e. The van der Waals surface area contributed by atoms with E-state index in [1.165, 1.54) is 23.9 Å². The van der Waals surface area contributed by atoms with E-state index in [0.29, 0.717) is 17.3 Å². The van der Waals surface area contributed by atoms with Gasteiger partial charge in [0.1, 0.15) is 11.1 Å². The van der Waals surface area contributed by atoms with Crippen LogP contribution in [0.5, 0.6) is 0 Å². The Hall–Kier alpha value is -3.78. The lowest BCUT2D eigenvalue weighted by Gasteiger charge is -2.23. The third-order valence-corrected chi connectivity index (χ3v) is 7.32. The van der Waals surface area contributed by atoms with E-state index in [0.717, 1.165) is 28.0 Å². The van der Waals surface area contributed by atoms with E-state index in [-0.39, 0.29) is 30.1 Å². The van der Waals surface area contributed by atoms with Gasteiger partial charge in [0.2, 0.25) is 5.91 Å². The van der Waals surface area contributed by atoms with Gasteiger partial charge in [-0.15, -0.1) is 0 Å². The van der Waals surface area contributed by atoms with Gasteiger partial charge in [0.15, 0.2) is 5.17 Å². The summed E-state index contributed by atoms with van der Waals surface area (Å²) in [4.78, 5) is 29.6. The molecule has 0 aromatic heterocycles. The first kappa shape index (κ1) is 23.9. The van der Waals surface area contributed by atoms with Crippen molar-refractivity contribution in [2.45, 2.75) is 38.0 Å². The fourth-order valence-electron chi connectivity index (χ4n) is 4.17. The fourth-order valence-corrected chi connectivity index (χ4v) is 5.23. The van der Waals surface area contributed by atoms with Gasteiger partial charge in [-0.25, -0.2) is 9.40 Å². The van der Waals surface area contributed by atoms with E-state index >= 15 is 0 Å². The van der Waals surface area contributed by atoms with Crippen molar-refractivity contribution in [3.05, 3.63) is 101 Å². The average Bonchev–Trinajstić information content (AvgIpc) is 3.45. The van der Waals surface area contributed by atoms with Crippen LogP contribution < -0.4 is 5.32 Å². The molecule has 3 aromatic carbocycles. The maximum atomic E-state index is 13.6. The Balaban J connectivity index is 1.35. The van der Waals surface area contributed by atoms with Crippen molar-refractivity contribution in [3.8, 4) is 0 Å². The monoisotopic (exact) mass is 500 g/mol. The Morgan fingerprint density at radius 3 is 2.31 bits per heavy atom. The summed E-state index contributed by atoms with van der Waals surface area (Å²) in [6.45, 7) is 4.00. The fraction of sp³-hybridized carbons (Fsp3) is 0.214. The number of hydrogen-bond donors (Lipinski definition) is 1. The highest BCUT2D eigenvalue weighted by molar-refractivity contribution is 8.15. The molecule has 0 saturated heterocycles. The molecule has 182 valence electrons. The van der Waals surface area contributed by atoms with Gasteiger partial charge in [0.25, 0.3) is 5.91 Å². The number of thioether (sulfide) groups is 1. The molecule has 2 atom stereocenters. The lowest BCUT2D eigenvalue weighted by Crippen LogP contribution is -2.25. The number of carbonyl (C=O) groups excluding carboxylic acids is 2. The molecule has 6 nitrogen and oxygen atoms in total. The van der Waals surface area contributed by atoms with Crippen molar-refractivity contribution in [3.63, 3.8) is 0 Å². The first-order valence-corrected chi connectivity index (χ1v) is 12.6. The number of anilines is 1. The minimum Gasteiger partial charge on any atom is -0.326 e. The number of rotatable bonds is 5. The smallest absolute Gasteiger partial charge is 0.262 e. The second-order valence-electron chi connectivity index (χ2n) is 8.99. The molecular formula is C28H25FN4O2S. The van der Waals surface area contributed by atoms with Crippen molar-refractivity contribution in [1.82, 2.24) is 5.01 Å². The molecule has 0 bridgehead atoms. The number of nitrogens with zero attached hydrogens (tertiary/aromatic N) is 3. The van der Waals surface area contributed by atoms with Crippen LogP contribution in [0.25, 0.3) is 0 Å². The zero-order valence-electron chi connectivity index (χ0n) is 19.9. The van der Waals surface area contributed by atoms with Gasteiger partial charge >= 0.3 is 0 Å². The Kier molecular flexibility index (Phi) is 6.69. The van der Waals surface area contributed by atoms with Crippen LogP contribution in [0.4, 0.5) is 10.1 Å². The number of halogens is 1. The van der Waals surface area contributed by atoms with Gasteiger partial charge in [-0.3, -0.25) is 9.59 Å². The molecule has 0 radical (unpaired) electrons. The summed E-state index contributed by atoms with van der Waals surface area (Å²) in [6, 6.07) is 21.7. The molecule has 0 aliphatic carbocycles. The summed E-state index contributed by atoms with van der Waals surface area (Å²) in [6.07, 6.45) is 0.592. The predicted molar refractivity (Wildman–Crippen MR) is 142 cm³/mol. The Labute approximate surface area is 213 Å². The largest absolute Gasteiger partial charge is 0.326 e. The van der Waals surface area contributed by atoms with Crippen LogP contribution in [-0.4, -0.2) is 33.0 Å². The van der Waals surface area contributed by atoms with Crippen molar-refractivity contribution in [2.24, 2.45) is 10.1 Å². The Morgan fingerprint density at radius 1 is 1.00 bits per heavy atom. The minimum absolute atomic E-state index is 0.00790. The molecule has 2 aliphatic heterocycles. The summed E-state index contributed by atoms with van der Waals surface area (Å²) in [5.41, 5.74) is 5.65. The second-order valence-corrected chi connectivity index (χ2v) is 10.2. The second kappa shape index (κ2) is 10.1.